The van der Waals surface area contributed by atoms with Gasteiger partial charge in [0.15, 0.2) is 0 Å². The maximum absolute atomic E-state index is 5.42. The number of rotatable bonds is 8. The molecule has 0 unspecified atom stereocenters. The molecule has 0 saturated heterocycles. The van der Waals surface area contributed by atoms with Gasteiger partial charge < -0.3 is 29.9 Å². The summed E-state index contributed by atoms with van der Waals surface area (Å²) in [5.74, 6) is 2.18. The topological polar surface area (TPSA) is 106 Å². The van der Waals surface area contributed by atoms with Gasteiger partial charge in [0.1, 0.15) is 0 Å². The van der Waals surface area contributed by atoms with Crippen molar-refractivity contribution in [1.29, 1.82) is 0 Å². The van der Waals surface area contributed by atoms with E-state index in [9.17, 15) is 0 Å². The first kappa shape index (κ1) is 45.9. The Hall–Kier alpha value is -8.26. The molecule has 0 fully saturated rings. The first-order valence-corrected chi connectivity index (χ1v) is 24.7. The Bertz CT molecular complexity index is 3860. The molecule has 13 rings (SSSR count). The van der Waals surface area contributed by atoms with Crippen LogP contribution >= 0.6 is 0 Å². The molecule has 0 N–H and O–H groups in total. The van der Waals surface area contributed by atoms with E-state index in [2.05, 4.69) is 198 Å². The second kappa shape index (κ2) is 18.7. The maximum atomic E-state index is 5.42. The van der Waals surface area contributed by atoms with Gasteiger partial charge in [-0.2, -0.15) is 0 Å². The van der Waals surface area contributed by atoms with Crippen molar-refractivity contribution in [3.8, 4) is 45.6 Å². The second-order valence-corrected chi connectivity index (χ2v) is 19.4. The maximum Gasteiger partial charge on any atom is 2.00 e. The van der Waals surface area contributed by atoms with Crippen LogP contribution < -0.4 is 9.97 Å². The van der Waals surface area contributed by atoms with Crippen LogP contribution in [0.3, 0.4) is 0 Å². The van der Waals surface area contributed by atoms with Gasteiger partial charge in [-0.25, -0.2) is 9.97 Å². The van der Waals surface area contributed by atoms with E-state index in [1.54, 1.807) is 0 Å². The largest absolute Gasteiger partial charge is 2.00 e. The number of hydrogen-bond donors (Lipinski definition) is 0. The average Bonchev–Trinajstić information content (AvgIpc) is 4.10. The number of nitrogens with zero attached hydrogens (tertiary/aromatic N) is 8. The Morgan fingerprint density at radius 3 is 0.836 bits per heavy atom. The fraction of sp³-hybridized carbons (Fsp3) is 0.125. The van der Waals surface area contributed by atoms with Crippen LogP contribution in [0.15, 0.2) is 170 Å². The molecule has 0 radical (unpaired) electrons. The Balaban J connectivity index is 0.00000543. The molecule has 2 aliphatic rings. The average molecular weight is 995 g/mol. The molecule has 0 spiro atoms. The van der Waals surface area contributed by atoms with Gasteiger partial charge in [-0.1, -0.05) is 133 Å². The van der Waals surface area contributed by atoms with Crippen LogP contribution in [0.4, 0.5) is 0 Å². The number of aromatic nitrogens is 8. The van der Waals surface area contributed by atoms with E-state index in [1.807, 2.05) is 0 Å². The van der Waals surface area contributed by atoms with Gasteiger partial charge in [-0.3, -0.25) is 0 Å². The molecule has 11 aromatic rings. The van der Waals surface area contributed by atoms with Crippen molar-refractivity contribution < 1.29 is 19.5 Å². The summed E-state index contributed by atoms with van der Waals surface area (Å²) in [6.45, 7) is 8.67. The summed E-state index contributed by atoms with van der Waals surface area (Å²) in [5.41, 5.74) is 20.1. The van der Waals surface area contributed by atoms with Crippen LogP contribution in [0.2, 0.25) is 0 Å². The Morgan fingerprint density at radius 1 is 0.288 bits per heavy atom. The van der Waals surface area contributed by atoms with Gasteiger partial charge >= 0.3 is 19.5 Å². The predicted octanol–water partition coefficient (Wildman–Crippen LogP) is 13.7. The van der Waals surface area contributed by atoms with E-state index < -0.39 is 0 Å². The molecule has 0 amide bonds. The summed E-state index contributed by atoms with van der Waals surface area (Å²) in [5, 5.41) is 3.60. The number of hydrogen-bond acceptors (Lipinski definition) is 6. The van der Waals surface area contributed by atoms with Crippen LogP contribution in [-0.2, 0) is 45.2 Å². The Kier molecular flexibility index (Phi) is 11.8. The first-order valence-electron chi connectivity index (χ1n) is 24.7. The SMILES string of the molecule is Cc1cc2c(cc1Cc1ccccc1)-c1nc-2nc2[n-]c(nc3nc(nc4[n-]c(n1)c1cc(C)c(Cc5ccccc5)cc41)-c1cc(C)c(Cc4ccccc4)cc1-3)c1cc(C)c(Cc3ccccc3)cc21.[Zn+2]. The molecule has 5 heterocycles. The summed E-state index contributed by atoms with van der Waals surface area (Å²) in [4.78, 5) is 42.9. The zero-order valence-corrected chi connectivity index (χ0v) is 44.2. The van der Waals surface area contributed by atoms with Crippen molar-refractivity contribution in [2.24, 2.45) is 0 Å². The Morgan fingerprint density at radius 2 is 0.534 bits per heavy atom. The molecular formula is C64H48N8Zn. The standard InChI is InChI=1S/C64H48N8.Zn/c1-37-25-49-53(33-45(37)29-41-17-9-5-10-18-41)61-65-57(49)69-62-54-34-46(30-42-19-11-6-12-20-42)38(2)26-50(54)59(66-62)71-64-56-36-48(32-44-23-15-8-16-24-44)40(4)28-52(56)60(68-64)72-63-55-35-47(31-43-21-13-7-14-22-43)39(3)27-51(55)58(67-63)70-61;/h5-28,33-36H,29-32H2,1-4H3;/q-2;+2. The minimum Gasteiger partial charge on any atom is -0.357 e. The van der Waals surface area contributed by atoms with Crippen molar-refractivity contribution in [3.05, 3.63) is 237 Å². The fourth-order valence-electron chi connectivity index (χ4n) is 10.5. The molecule has 9 heteroatoms. The van der Waals surface area contributed by atoms with Gasteiger partial charge in [0.05, 0.1) is 23.3 Å². The molecule has 0 atom stereocenters. The van der Waals surface area contributed by atoms with Crippen LogP contribution in [-0.4, -0.2) is 29.9 Å². The predicted molar refractivity (Wildman–Crippen MR) is 290 cm³/mol. The molecule has 8 nitrogen and oxygen atoms in total. The van der Waals surface area contributed by atoms with E-state index >= 15 is 0 Å². The number of fused-ring (bicyclic) bond motifs is 20. The van der Waals surface area contributed by atoms with Crippen LogP contribution in [0.1, 0.15) is 66.8 Å². The third kappa shape index (κ3) is 8.64. The number of benzene rings is 8. The van der Waals surface area contributed by atoms with E-state index in [-0.39, 0.29) is 19.5 Å². The van der Waals surface area contributed by atoms with Crippen LogP contribution in [0, 0.1) is 27.7 Å². The van der Waals surface area contributed by atoms with Gasteiger partial charge in [0, 0.05) is 44.8 Å². The smallest absolute Gasteiger partial charge is 0.357 e. The third-order valence-corrected chi connectivity index (χ3v) is 14.5. The van der Waals surface area contributed by atoms with Crippen molar-refractivity contribution in [1.82, 2.24) is 39.9 Å². The normalized spacial score (nSPS) is 11.7. The molecule has 8 aromatic carbocycles. The minimum atomic E-state index is 0. The van der Waals surface area contributed by atoms with Gasteiger partial charge in [0.2, 0.25) is 0 Å². The molecule has 2 aliphatic heterocycles. The van der Waals surface area contributed by atoms with E-state index in [0.29, 0.717) is 45.9 Å². The Labute approximate surface area is 436 Å². The minimum absolute atomic E-state index is 0. The van der Waals surface area contributed by atoms with Crippen molar-refractivity contribution >= 4 is 44.1 Å². The monoisotopic (exact) mass is 992 g/mol. The molecule has 3 aromatic heterocycles. The van der Waals surface area contributed by atoms with Crippen LogP contribution in [0.25, 0.3) is 89.7 Å². The fourth-order valence-corrected chi connectivity index (χ4v) is 10.5. The molecule has 346 valence electrons. The summed E-state index contributed by atoms with van der Waals surface area (Å²) >= 11 is 0. The quantitative estimate of drug-likeness (QED) is 0.139. The van der Waals surface area contributed by atoms with E-state index in [4.69, 9.17) is 39.9 Å². The second-order valence-electron chi connectivity index (χ2n) is 19.4. The van der Waals surface area contributed by atoms with E-state index in [1.165, 1.54) is 44.5 Å². The first-order chi connectivity index (χ1) is 35.2. The zero-order chi connectivity index (χ0) is 48.5. The zero-order valence-electron chi connectivity index (χ0n) is 41.3. The summed E-state index contributed by atoms with van der Waals surface area (Å²) in [6.07, 6.45) is 3.07. The third-order valence-electron chi connectivity index (χ3n) is 14.5. The summed E-state index contributed by atoms with van der Waals surface area (Å²) in [7, 11) is 0. The molecular weight excluding hydrogens is 946 g/mol. The summed E-state index contributed by atoms with van der Waals surface area (Å²) in [6, 6.07) is 60.1. The van der Waals surface area contributed by atoms with E-state index in [0.717, 1.165) is 91.7 Å². The van der Waals surface area contributed by atoms with Gasteiger partial charge in [0.25, 0.3) is 0 Å². The van der Waals surface area contributed by atoms with Gasteiger partial charge in [-0.05, 0) is 178 Å². The number of aryl methyl sites for hydroxylation is 4. The molecule has 8 bridgehead atoms. The van der Waals surface area contributed by atoms with Crippen molar-refractivity contribution in [3.63, 3.8) is 0 Å². The molecule has 73 heavy (non-hydrogen) atoms. The van der Waals surface area contributed by atoms with Crippen molar-refractivity contribution in [2.45, 2.75) is 53.4 Å². The molecule has 0 saturated carbocycles. The van der Waals surface area contributed by atoms with Crippen LogP contribution in [0.5, 0.6) is 0 Å². The summed E-state index contributed by atoms with van der Waals surface area (Å²) < 4.78 is 0. The van der Waals surface area contributed by atoms with Crippen molar-refractivity contribution in [2.75, 3.05) is 0 Å². The van der Waals surface area contributed by atoms with Gasteiger partial charge in [-0.15, -0.1) is 0 Å². The molecule has 0 aliphatic carbocycles.